The topological polar surface area (TPSA) is 49.4 Å². The predicted octanol–water partition coefficient (Wildman–Crippen LogP) is 3.75. The van der Waals surface area contributed by atoms with E-state index in [1.165, 1.54) is 19.3 Å². The van der Waals surface area contributed by atoms with E-state index in [1.54, 1.807) is 0 Å². The fourth-order valence-corrected chi connectivity index (χ4v) is 6.92. The second kappa shape index (κ2) is 6.53. The van der Waals surface area contributed by atoms with Crippen molar-refractivity contribution in [3.63, 3.8) is 0 Å². The lowest BCUT2D eigenvalue weighted by Crippen LogP contribution is -2.55. The number of nitrogens with one attached hydrogen (secondary N) is 1. The molecule has 1 aliphatic heterocycles. The zero-order chi connectivity index (χ0) is 18.5. The molecule has 5 fully saturated rings. The lowest BCUT2D eigenvalue weighted by atomic mass is 9.49. The van der Waals surface area contributed by atoms with Crippen LogP contribution in [0.1, 0.15) is 78.6 Å². The number of carbonyl (C=O) groups excluding carboxylic acids is 2. The van der Waals surface area contributed by atoms with Gasteiger partial charge in [-0.25, -0.2) is 0 Å². The minimum Gasteiger partial charge on any atom is -0.347 e. The highest BCUT2D eigenvalue weighted by Crippen LogP contribution is 2.60. The first kappa shape index (κ1) is 18.3. The van der Waals surface area contributed by atoms with Crippen LogP contribution in [0.3, 0.4) is 0 Å². The van der Waals surface area contributed by atoms with E-state index in [-0.39, 0.29) is 29.2 Å². The summed E-state index contributed by atoms with van der Waals surface area (Å²) in [6.45, 7) is 7.77. The molecule has 1 atom stereocenters. The number of hydrogen-bond acceptors (Lipinski definition) is 2. The molecule has 4 bridgehead atoms. The van der Waals surface area contributed by atoms with Crippen LogP contribution in [0.4, 0.5) is 0 Å². The second-order valence-electron chi connectivity index (χ2n) is 11.0. The molecule has 26 heavy (non-hydrogen) atoms. The summed E-state index contributed by atoms with van der Waals surface area (Å²) in [4.78, 5) is 27.9. The van der Waals surface area contributed by atoms with E-state index in [0.29, 0.717) is 6.04 Å². The van der Waals surface area contributed by atoms with Crippen molar-refractivity contribution in [1.29, 1.82) is 0 Å². The molecule has 4 aliphatic carbocycles. The van der Waals surface area contributed by atoms with E-state index >= 15 is 0 Å². The first-order chi connectivity index (χ1) is 12.2. The monoisotopic (exact) mass is 360 g/mol. The second-order valence-corrected chi connectivity index (χ2v) is 11.0. The molecule has 4 nitrogen and oxygen atoms in total. The molecule has 146 valence electrons. The van der Waals surface area contributed by atoms with Crippen LogP contribution in [-0.4, -0.2) is 35.8 Å². The summed E-state index contributed by atoms with van der Waals surface area (Å²) in [7, 11) is 0. The van der Waals surface area contributed by atoms with Gasteiger partial charge in [-0.2, -0.15) is 0 Å². The maximum atomic E-state index is 13.0. The lowest BCUT2D eigenvalue weighted by Gasteiger charge is -2.55. The van der Waals surface area contributed by atoms with Crippen molar-refractivity contribution in [2.45, 2.75) is 84.6 Å². The fraction of sp³-hybridized carbons (Fsp3) is 0.909. The van der Waals surface area contributed by atoms with Crippen molar-refractivity contribution in [3.8, 4) is 0 Å². The maximum absolute atomic E-state index is 13.0. The first-order valence-electron chi connectivity index (χ1n) is 10.8. The Morgan fingerprint density at radius 1 is 1.04 bits per heavy atom. The maximum Gasteiger partial charge on any atom is 0.242 e. The summed E-state index contributed by atoms with van der Waals surface area (Å²) in [5.74, 6) is 2.58. The van der Waals surface area contributed by atoms with Crippen LogP contribution in [0.15, 0.2) is 0 Å². The number of amides is 2. The van der Waals surface area contributed by atoms with E-state index in [4.69, 9.17) is 0 Å². The molecule has 1 N–H and O–H groups in total. The molecule has 0 spiro atoms. The third kappa shape index (κ3) is 3.53. The number of hydrogen-bond donors (Lipinski definition) is 1. The summed E-state index contributed by atoms with van der Waals surface area (Å²) >= 11 is 0. The Morgan fingerprint density at radius 3 is 2.15 bits per heavy atom. The number of nitrogens with zero attached hydrogens (tertiary/aromatic N) is 1. The van der Waals surface area contributed by atoms with Gasteiger partial charge in [0.15, 0.2) is 0 Å². The molecule has 0 aromatic heterocycles. The van der Waals surface area contributed by atoms with Crippen molar-refractivity contribution < 1.29 is 9.59 Å². The fourth-order valence-electron chi connectivity index (χ4n) is 6.92. The molecule has 4 heteroatoms. The van der Waals surface area contributed by atoms with Gasteiger partial charge in [-0.1, -0.05) is 20.8 Å². The molecule has 1 heterocycles. The molecular weight excluding hydrogens is 324 g/mol. The van der Waals surface area contributed by atoms with Crippen molar-refractivity contribution in [3.05, 3.63) is 0 Å². The van der Waals surface area contributed by atoms with Crippen molar-refractivity contribution in [2.24, 2.45) is 28.6 Å². The molecule has 5 rings (SSSR count). The standard InChI is InChI=1S/C22H36N2O2/c1-21(2,3)13-18-5-4-6-24(18)19(25)14-23-20(26)22-10-15-7-16(11-22)9-17(8-15)12-22/h15-18H,4-14H2,1-3H3,(H,23,26). The molecule has 5 aliphatic rings. The largest absolute Gasteiger partial charge is 0.347 e. The molecule has 0 aromatic carbocycles. The number of likely N-dealkylation sites (tertiary alicyclic amines) is 1. The summed E-state index contributed by atoms with van der Waals surface area (Å²) in [6.07, 6.45) is 10.5. The van der Waals surface area contributed by atoms with E-state index in [9.17, 15) is 9.59 Å². The van der Waals surface area contributed by atoms with Crippen LogP contribution in [0.25, 0.3) is 0 Å². The van der Waals surface area contributed by atoms with Gasteiger partial charge in [0.05, 0.1) is 6.54 Å². The summed E-state index contributed by atoms with van der Waals surface area (Å²) in [6, 6.07) is 0.346. The number of carbonyl (C=O) groups is 2. The average molecular weight is 361 g/mol. The summed E-state index contributed by atoms with van der Waals surface area (Å²) in [5.41, 5.74) is 0.0842. The van der Waals surface area contributed by atoms with Gasteiger partial charge in [0.1, 0.15) is 0 Å². The summed E-state index contributed by atoms with van der Waals surface area (Å²) < 4.78 is 0. The Labute approximate surface area is 158 Å². The normalized spacial score (nSPS) is 38.7. The highest BCUT2D eigenvalue weighted by molar-refractivity contribution is 5.88. The van der Waals surface area contributed by atoms with Crippen LogP contribution >= 0.6 is 0 Å². The zero-order valence-electron chi connectivity index (χ0n) is 16.9. The van der Waals surface area contributed by atoms with E-state index < -0.39 is 0 Å². The van der Waals surface area contributed by atoms with E-state index in [2.05, 4.69) is 26.1 Å². The Hall–Kier alpha value is -1.06. The van der Waals surface area contributed by atoms with Gasteiger partial charge in [-0.05, 0) is 81.0 Å². The van der Waals surface area contributed by atoms with E-state index in [1.807, 2.05) is 4.90 Å². The Kier molecular flexibility index (Phi) is 4.60. The van der Waals surface area contributed by atoms with Gasteiger partial charge in [-0.15, -0.1) is 0 Å². The quantitative estimate of drug-likeness (QED) is 0.830. The highest BCUT2D eigenvalue weighted by Gasteiger charge is 2.54. The minimum atomic E-state index is -0.148. The van der Waals surface area contributed by atoms with Gasteiger partial charge in [-0.3, -0.25) is 9.59 Å². The van der Waals surface area contributed by atoms with Crippen molar-refractivity contribution >= 4 is 11.8 Å². The van der Waals surface area contributed by atoms with Crippen LogP contribution in [-0.2, 0) is 9.59 Å². The van der Waals surface area contributed by atoms with Crippen LogP contribution in [0, 0.1) is 28.6 Å². The average Bonchev–Trinajstić information content (AvgIpc) is 2.97. The SMILES string of the molecule is CC(C)(C)CC1CCCN1C(=O)CNC(=O)C12CC3CC(CC(C3)C1)C2. The Bertz CT molecular complexity index is 542. The Morgan fingerprint density at radius 2 is 1.62 bits per heavy atom. The van der Waals surface area contributed by atoms with Crippen LogP contribution < -0.4 is 5.32 Å². The van der Waals surface area contributed by atoms with Gasteiger partial charge in [0.2, 0.25) is 11.8 Å². The molecule has 1 unspecified atom stereocenters. The van der Waals surface area contributed by atoms with Crippen LogP contribution in [0.2, 0.25) is 0 Å². The van der Waals surface area contributed by atoms with Crippen molar-refractivity contribution in [2.75, 3.05) is 13.1 Å². The first-order valence-corrected chi connectivity index (χ1v) is 10.8. The van der Waals surface area contributed by atoms with Gasteiger partial charge in [0, 0.05) is 18.0 Å². The van der Waals surface area contributed by atoms with Crippen LogP contribution in [0.5, 0.6) is 0 Å². The van der Waals surface area contributed by atoms with Gasteiger partial charge in [0.25, 0.3) is 0 Å². The van der Waals surface area contributed by atoms with Crippen molar-refractivity contribution in [1.82, 2.24) is 10.2 Å². The predicted molar refractivity (Wildman–Crippen MR) is 102 cm³/mol. The number of rotatable bonds is 4. The molecular formula is C22H36N2O2. The minimum absolute atomic E-state index is 0.120. The third-order valence-electron chi connectivity index (χ3n) is 7.47. The zero-order valence-corrected chi connectivity index (χ0v) is 16.9. The molecule has 0 aromatic rings. The molecule has 2 amide bonds. The lowest BCUT2D eigenvalue weighted by molar-refractivity contribution is -0.148. The molecule has 1 saturated heterocycles. The third-order valence-corrected chi connectivity index (χ3v) is 7.47. The van der Waals surface area contributed by atoms with E-state index in [0.717, 1.165) is 62.8 Å². The Balaban J connectivity index is 1.34. The smallest absolute Gasteiger partial charge is 0.242 e. The van der Waals surface area contributed by atoms with Gasteiger partial charge < -0.3 is 10.2 Å². The molecule has 0 radical (unpaired) electrons. The molecule has 4 saturated carbocycles. The summed E-state index contributed by atoms with van der Waals surface area (Å²) in [5, 5.41) is 3.07. The highest BCUT2D eigenvalue weighted by atomic mass is 16.2. The van der Waals surface area contributed by atoms with Gasteiger partial charge >= 0.3 is 0 Å².